The lowest BCUT2D eigenvalue weighted by Crippen LogP contribution is -2.37. The summed E-state index contributed by atoms with van der Waals surface area (Å²) in [5, 5.41) is 5.96. The molecule has 1 aromatic carbocycles. The molecule has 1 fully saturated rings. The molecule has 1 saturated heterocycles. The van der Waals surface area contributed by atoms with Crippen molar-refractivity contribution in [2.24, 2.45) is 5.92 Å². The van der Waals surface area contributed by atoms with Gasteiger partial charge in [0.1, 0.15) is 6.61 Å². The average molecular weight is 329 g/mol. The monoisotopic (exact) mass is 329 g/mol. The van der Waals surface area contributed by atoms with Crippen LogP contribution in [-0.2, 0) is 11.4 Å². The summed E-state index contributed by atoms with van der Waals surface area (Å²) in [4.78, 5) is 16.3. The number of pyridine rings is 1. The molecule has 1 aliphatic rings. The Kier molecular flexibility index (Phi) is 5.38. The Hall–Kier alpha value is -2.47. The van der Waals surface area contributed by atoms with Crippen molar-refractivity contribution < 1.29 is 13.9 Å². The van der Waals surface area contributed by atoms with Crippen LogP contribution in [0, 0.1) is 11.7 Å². The van der Waals surface area contributed by atoms with Crippen molar-refractivity contribution in [3.05, 3.63) is 54.1 Å². The summed E-state index contributed by atoms with van der Waals surface area (Å²) in [7, 11) is 0. The molecule has 1 amide bonds. The predicted octanol–water partition coefficient (Wildman–Crippen LogP) is 2.74. The van der Waals surface area contributed by atoms with Crippen molar-refractivity contribution in [3.63, 3.8) is 0 Å². The molecule has 1 atom stereocenters. The second kappa shape index (κ2) is 7.88. The Morgan fingerprint density at radius 2 is 2.29 bits per heavy atom. The molecule has 3 rings (SSSR count). The van der Waals surface area contributed by atoms with E-state index in [0.29, 0.717) is 12.2 Å². The van der Waals surface area contributed by atoms with Gasteiger partial charge in [0.15, 0.2) is 11.6 Å². The van der Waals surface area contributed by atoms with Crippen molar-refractivity contribution in [2.45, 2.75) is 19.4 Å². The SMILES string of the molecule is O=C(Nc1ccc(OCc2ccccn2)c(F)c1)C1CCCNC1. The van der Waals surface area contributed by atoms with E-state index < -0.39 is 5.82 Å². The summed E-state index contributed by atoms with van der Waals surface area (Å²) in [5.74, 6) is -0.519. The maximum absolute atomic E-state index is 14.1. The molecule has 0 saturated carbocycles. The molecule has 0 spiro atoms. The van der Waals surface area contributed by atoms with Gasteiger partial charge in [-0.15, -0.1) is 0 Å². The van der Waals surface area contributed by atoms with Gasteiger partial charge in [-0.1, -0.05) is 6.07 Å². The number of piperidine rings is 1. The van der Waals surface area contributed by atoms with Crippen molar-refractivity contribution in [1.82, 2.24) is 10.3 Å². The molecule has 0 aliphatic carbocycles. The molecule has 1 aromatic heterocycles. The second-order valence-electron chi connectivity index (χ2n) is 5.79. The van der Waals surface area contributed by atoms with Crippen LogP contribution in [-0.4, -0.2) is 24.0 Å². The minimum Gasteiger partial charge on any atom is -0.484 e. The van der Waals surface area contributed by atoms with Crippen LogP contribution < -0.4 is 15.4 Å². The van der Waals surface area contributed by atoms with Crippen LogP contribution in [0.2, 0.25) is 0 Å². The lowest BCUT2D eigenvalue weighted by Gasteiger charge is -2.22. The first-order chi connectivity index (χ1) is 11.7. The molecule has 126 valence electrons. The van der Waals surface area contributed by atoms with Crippen LogP contribution in [0.25, 0.3) is 0 Å². The van der Waals surface area contributed by atoms with Gasteiger partial charge in [0.05, 0.1) is 11.6 Å². The Morgan fingerprint density at radius 1 is 1.38 bits per heavy atom. The van der Waals surface area contributed by atoms with Crippen molar-refractivity contribution >= 4 is 11.6 Å². The van der Waals surface area contributed by atoms with Gasteiger partial charge in [-0.05, 0) is 43.7 Å². The number of halogens is 1. The highest BCUT2D eigenvalue weighted by atomic mass is 19.1. The Labute approximate surface area is 140 Å². The van der Waals surface area contributed by atoms with E-state index in [1.54, 1.807) is 12.3 Å². The lowest BCUT2D eigenvalue weighted by atomic mass is 9.99. The van der Waals surface area contributed by atoms with Gasteiger partial charge in [-0.3, -0.25) is 9.78 Å². The second-order valence-corrected chi connectivity index (χ2v) is 5.79. The summed E-state index contributed by atoms with van der Waals surface area (Å²) in [6.07, 6.45) is 3.49. The van der Waals surface area contributed by atoms with Crippen molar-refractivity contribution in [2.75, 3.05) is 18.4 Å². The van der Waals surface area contributed by atoms with Gasteiger partial charge in [-0.25, -0.2) is 4.39 Å². The number of carbonyl (C=O) groups excluding carboxylic acids is 1. The van der Waals surface area contributed by atoms with Gasteiger partial charge in [0.2, 0.25) is 5.91 Å². The van der Waals surface area contributed by atoms with E-state index in [0.717, 1.165) is 25.1 Å². The fourth-order valence-corrected chi connectivity index (χ4v) is 2.65. The van der Waals surface area contributed by atoms with E-state index >= 15 is 0 Å². The third-order valence-corrected chi connectivity index (χ3v) is 3.97. The first-order valence-electron chi connectivity index (χ1n) is 8.06. The fraction of sp³-hybridized carbons (Fsp3) is 0.333. The molecule has 2 N–H and O–H groups in total. The zero-order valence-corrected chi connectivity index (χ0v) is 13.3. The topological polar surface area (TPSA) is 63.2 Å². The summed E-state index contributed by atoms with van der Waals surface area (Å²) in [5.41, 5.74) is 1.16. The molecule has 24 heavy (non-hydrogen) atoms. The minimum absolute atomic E-state index is 0.0677. The van der Waals surface area contributed by atoms with Gasteiger partial charge >= 0.3 is 0 Å². The first kappa shape index (κ1) is 16.4. The molecule has 6 heteroatoms. The molecule has 0 radical (unpaired) electrons. The number of nitrogens with zero attached hydrogens (tertiary/aromatic N) is 1. The van der Waals surface area contributed by atoms with E-state index in [2.05, 4.69) is 15.6 Å². The van der Waals surface area contributed by atoms with E-state index in [-0.39, 0.29) is 24.2 Å². The Bertz CT molecular complexity index is 688. The third-order valence-electron chi connectivity index (χ3n) is 3.97. The van der Waals surface area contributed by atoms with Gasteiger partial charge in [0, 0.05) is 24.5 Å². The zero-order chi connectivity index (χ0) is 16.8. The summed E-state index contributed by atoms with van der Waals surface area (Å²) < 4.78 is 19.6. The number of carbonyl (C=O) groups is 1. The van der Waals surface area contributed by atoms with Crippen LogP contribution in [0.15, 0.2) is 42.6 Å². The number of hydrogen-bond donors (Lipinski definition) is 2. The van der Waals surface area contributed by atoms with E-state index in [1.807, 2.05) is 18.2 Å². The van der Waals surface area contributed by atoms with Gasteiger partial charge in [-0.2, -0.15) is 0 Å². The van der Waals surface area contributed by atoms with Crippen LogP contribution in [0.4, 0.5) is 10.1 Å². The number of ether oxygens (including phenoxy) is 1. The molecule has 0 bridgehead atoms. The van der Waals surface area contributed by atoms with Crippen LogP contribution in [0.3, 0.4) is 0 Å². The molecule has 5 nitrogen and oxygen atoms in total. The standard InChI is InChI=1S/C18H20FN3O2/c19-16-10-14(22-18(23)13-4-3-8-20-11-13)6-7-17(16)24-12-15-5-1-2-9-21-15/h1-2,5-7,9-10,13,20H,3-4,8,11-12H2,(H,22,23). The maximum Gasteiger partial charge on any atom is 0.228 e. The summed E-state index contributed by atoms with van der Waals surface area (Å²) in [6.45, 7) is 1.80. The number of benzene rings is 1. The van der Waals surface area contributed by atoms with Crippen LogP contribution in [0.5, 0.6) is 5.75 Å². The molecular weight excluding hydrogens is 309 g/mol. The highest BCUT2D eigenvalue weighted by Gasteiger charge is 2.21. The van der Waals surface area contributed by atoms with Crippen LogP contribution >= 0.6 is 0 Å². The highest BCUT2D eigenvalue weighted by Crippen LogP contribution is 2.23. The largest absolute Gasteiger partial charge is 0.484 e. The molecular formula is C18H20FN3O2. The Balaban J connectivity index is 1.58. The van der Waals surface area contributed by atoms with Crippen molar-refractivity contribution in [3.8, 4) is 5.75 Å². The smallest absolute Gasteiger partial charge is 0.228 e. The zero-order valence-electron chi connectivity index (χ0n) is 13.3. The fourth-order valence-electron chi connectivity index (χ4n) is 2.65. The molecule has 2 heterocycles. The van der Waals surface area contributed by atoms with E-state index in [9.17, 15) is 9.18 Å². The molecule has 1 unspecified atom stereocenters. The maximum atomic E-state index is 14.1. The van der Waals surface area contributed by atoms with E-state index in [4.69, 9.17) is 4.74 Å². The van der Waals surface area contributed by atoms with Crippen LogP contribution in [0.1, 0.15) is 18.5 Å². The Morgan fingerprint density at radius 3 is 3.00 bits per heavy atom. The first-order valence-corrected chi connectivity index (χ1v) is 8.06. The third kappa shape index (κ3) is 4.29. The number of amides is 1. The summed E-state index contributed by atoms with van der Waals surface area (Å²) in [6, 6.07) is 9.91. The van der Waals surface area contributed by atoms with Crippen molar-refractivity contribution in [1.29, 1.82) is 0 Å². The molecule has 2 aromatic rings. The van der Waals surface area contributed by atoms with E-state index in [1.165, 1.54) is 12.1 Å². The van der Waals surface area contributed by atoms with Gasteiger partial charge < -0.3 is 15.4 Å². The highest BCUT2D eigenvalue weighted by molar-refractivity contribution is 5.92. The minimum atomic E-state index is -0.509. The number of rotatable bonds is 5. The lowest BCUT2D eigenvalue weighted by molar-refractivity contribution is -0.120. The number of anilines is 1. The predicted molar refractivity (Wildman–Crippen MR) is 89.2 cm³/mol. The normalized spacial score (nSPS) is 17.3. The quantitative estimate of drug-likeness (QED) is 0.885. The number of aromatic nitrogens is 1. The average Bonchev–Trinajstić information content (AvgIpc) is 2.62. The summed E-state index contributed by atoms with van der Waals surface area (Å²) >= 11 is 0. The number of hydrogen-bond acceptors (Lipinski definition) is 4. The molecule has 1 aliphatic heterocycles. The number of nitrogens with one attached hydrogen (secondary N) is 2. The van der Waals surface area contributed by atoms with Gasteiger partial charge in [0.25, 0.3) is 0 Å².